The summed E-state index contributed by atoms with van der Waals surface area (Å²) in [4.78, 5) is 26.4. The number of anilines is 2. The number of ether oxygens (including phenoxy) is 1. The molecule has 2 saturated heterocycles. The molecule has 2 heterocycles. The van der Waals surface area contributed by atoms with Gasteiger partial charge < -0.3 is 20.7 Å². The van der Waals surface area contributed by atoms with Gasteiger partial charge in [0.25, 0.3) is 0 Å². The van der Waals surface area contributed by atoms with E-state index in [1.807, 2.05) is 4.90 Å². The van der Waals surface area contributed by atoms with Crippen molar-refractivity contribution in [2.75, 3.05) is 29.4 Å². The van der Waals surface area contributed by atoms with Crippen LogP contribution in [-0.4, -0.2) is 43.9 Å². The van der Waals surface area contributed by atoms with Gasteiger partial charge in [0.2, 0.25) is 5.91 Å². The Morgan fingerprint density at radius 2 is 2.22 bits per heavy atom. The first kappa shape index (κ1) is 19.4. The largest absolute Gasteiger partial charge is 0.442 e. The number of hydrogen-bond donors (Lipinski definition) is 2. The Morgan fingerprint density at radius 3 is 2.85 bits per heavy atom. The number of nitrogens with zero attached hydrogens (tertiary/aromatic N) is 2. The summed E-state index contributed by atoms with van der Waals surface area (Å²) in [7, 11) is 0. The second-order valence-electron chi connectivity index (χ2n) is 7.25. The van der Waals surface area contributed by atoms with Crippen LogP contribution in [0.4, 0.5) is 20.6 Å². The molecule has 0 aromatic heterocycles. The topological polar surface area (TPSA) is 87.9 Å². The van der Waals surface area contributed by atoms with Crippen LogP contribution in [0.25, 0.3) is 0 Å². The van der Waals surface area contributed by atoms with Crippen LogP contribution in [-0.2, 0) is 9.53 Å². The summed E-state index contributed by atoms with van der Waals surface area (Å²) >= 11 is 0. The maximum atomic E-state index is 14.8. The fourth-order valence-corrected chi connectivity index (χ4v) is 3.74. The van der Waals surface area contributed by atoms with Crippen LogP contribution in [0.15, 0.2) is 18.2 Å². The van der Waals surface area contributed by atoms with E-state index in [0.717, 1.165) is 25.8 Å². The van der Waals surface area contributed by atoms with Crippen molar-refractivity contribution in [3.8, 4) is 0 Å². The van der Waals surface area contributed by atoms with Gasteiger partial charge in [0.15, 0.2) is 0 Å². The molecule has 2 aliphatic rings. The number of piperidine rings is 1. The van der Waals surface area contributed by atoms with E-state index >= 15 is 0 Å². The first-order valence-corrected chi connectivity index (χ1v) is 9.43. The third-order valence-corrected chi connectivity index (χ3v) is 5.34. The molecule has 0 saturated carbocycles. The molecule has 1 aromatic rings. The van der Waals surface area contributed by atoms with Crippen LogP contribution in [0.3, 0.4) is 0 Å². The molecule has 27 heavy (non-hydrogen) atoms. The summed E-state index contributed by atoms with van der Waals surface area (Å²) in [6.45, 7) is 4.77. The Hall–Kier alpha value is -2.35. The second kappa shape index (κ2) is 8.12. The number of amides is 2. The maximum Gasteiger partial charge on any atom is 0.414 e. The van der Waals surface area contributed by atoms with Crippen molar-refractivity contribution in [2.45, 2.75) is 45.4 Å². The summed E-state index contributed by atoms with van der Waals surface area (Å²) in [5.74, 6) is -0.0161. The molecule has 3 atom stereocenters. The van der Waals surface area contributed by atoms with Crippen LogP contribution in [0.1, 0.15) is 33.1 Å². The van der Waals surface area contributed by atoms with E-state index < -0.39 is 18.0 Å². The lowest BCUT2D eigenvalue weighted by molar-refractivity contribution is -0.119. The number of carbonyl (C=O) groups excluding carboxylic acids is 2. The molecule has 0 bridgehead atoms. The van der Waals surface area contributed by atoms with Crippen LogP contribution in [0.5, 0.6) is 0 Å². The van der Waals surface area contributed by atoms with Gasteiger partial charge in [-0.05, 0) is 37.0 Å². The van der Waals surface area contributed by atoms with Gasteiger partial charge in [-0.1, -0.05) is 13.3 Å². The van der Waals surface area contributed by atoms with Crippen molar-refractivity contribution < 1.29 is 18.7 Å². The van der Waals surface area contributed by atoms with Gasteiger partial charge in [-0.25, -0.2) is 9.18 Å². The zero-order chi connectivity index (χ0) is 19.6. The van der Waals surface area contributed by atoms with Crippen molar-refractivity contribution >= 4 is 23.4 Å². The molecule has 0 aliphatic carbocycles. The minimum atomic E-state index is -0.544. The predicted octanol–water partition coefficient (Wildman–Crippen LogP) is 2.20. The monoisotopic (exact) mass is 378 g/mol. The third-order valence-electron chi connectivity index (χ3n) is 5.34. The quantitative estimate of drug-likeness (QED) is 0.820. The number of cyclic esters (lactones) is 1. The molecule has 3 N–H and O–H groups in total. The highest BCUT2D eigenvalue weighted by molar-refractivity contribution is 5.90. The van der Waals surface area contributed by atoms with E-state index in [9.17, 15) is 14.0 Å². The second-order valence-corrected chi connectivity index (χ2v) is 7.25. The van der Waals surface area contributed by atoms with Crippen LogP contribution in [0.2, 0.25) is 0 Å². The molecule has 0 spiro atoms. The number of nitrogens with two attached hydrogens (primary N) is 1. The highest BCUT2D eigenvalue weighted by atomic mass is 19.1. The van der Waals surface area contributed by atoms with Crippen LogP contribution in [0, 0.1) is 11.7 Å². The van der Waals surface area contributed by atoms with Gasteiger partial charge in [0.05, 0.1) is 30.6 Å². The zero-order valence-electron chi connectivity index (χ0n) is 15.8. The zero-order valence-corrected chi connectivity index (χ0v) is 15.8. The average Bonchev–Trinajstić information content (AvgIpc) is 3.01. The van der Waals surface area contributed by atoms with Crippen molar-refractivity contribution in [1.82, 2.24) is 5.32 Å². The highest BCUT2D eigenvalue weighted by Crippen LogP contribution is 2.32. The standard InChI is InChI=1S/C19H27FN4O3/c1-3-13-6-7-23(18(21)8-13)17-5-4-14(9-16(17)20)24-11-15(27-19(24)26)10-22-12(2)25/h4-5,9,13,15,18H,3,6-8,10-11,21H2,1-2H3,(H,22,25). The number of halogens is 1. The van der Waals surface area contributed by atoms with E-state index in [4.69, 9.17) is 10.5 Å². The minimum Gasteiger partial charge on any atom is -0.442 e. The normalized spacial score (nSPS) is 25.5. The lowest BCUT2D eigenvalue weighted by Gasteiger charge is -2.39. The van der Waals surface area contributed by atoms with Crippen molar-refractivity contribution in [1.29, 1.82) is 0 Å². The number of nitrogens with one attached hydrogen (secondary N) is 1. The molecule has 3 rings (SSSR count). The van der Waals surface area contributed by atoms with E-state index in [-0.39, 0.29) is 25.2 Å². The number of benzene rings is 1. The summed E-state index contributed by atoms with van der Waals surface area (Å²) < 4.78 is 20.0. The number of hydrogen-bond acceptors (Lipinski definition) is 5. The van der Waals surface area contributed by atoms with Crippen molar-refractivity contribution in [2.24, 2.45) is 11.7 Å². The van der Waals surface area contributed by atoms with Crippen molar-refractivity contribution in [3.63, 3.8) is 0 Å². The molecule has 148 valence electrons. The molecule has 1 aromatic carbocycles. The number of carbonyl (C=O) groups is 2. The Morgan fingerprint density at radius 1 is 1.44 bits per heavy atom. The smallest absolute Gasteiger partial charge is 0.414 e. The van der Waals surface area contributed by atoms with Gasteiger partial charge in [0.1, 0.15) is 11.9 Å². The summed E-state index contributed by atoms with van der Waals surface area (Å²) in [5.41, 5.74) is 7.14. The molecule has 3 unspecified atom stereocenters. The van der Waals surface area contributed by atoms with Crippen LogP contribution >= 0.6 is 0 Å². The molecule has 7 nitrogen and oxygen atoms in total. The van der Waals surface area contributed by atoms with Gasteiger partial charge in [-0.3, -0.25) is 9.69 Å². The van der Waals surface area contributed by atoms with Gasteiger partial charge in [-0.2, -0.15) is 0 Å². The predicted molar refractivity (Wildman–Crippen MR) is 101 cm³/mol. The fraction of sp³-hybridized carbons (Fsp3) is 0.579. The lowest BCUT2D eigenvalue weighted by atomic mass is 9.92. The lowest BCUT2D eigenvalue weighted by Crippen LogP contribution is -2.48. The SMILES string of the molecule is CCC1CCN(c2ccc(N3CC(CNC(C)=O)OC3=O)cc2F)C(N)C1. The van der Waals surface area contributed by atoms with Gasteiger partial charge in [0, 0.05) is 13.5 Å². The molecule has 2 fully saturated rings. The molecular formula is C19H27FN4O3. The summed E-state index contributed by atoms with van der Waals surface area (Å²) in [5, 5.41) is 2.62. The molecular weight excluding hydrogens is 351 g/mol. The summed E-state index contributed by atoms with van der Waals surface area (Å²) in [6.07, 6.45) is 1.72. The third kappa shape index (κ3) is 4.32. The average molecular weight is 378 g/mol. The molecule has 8 heteroatoms. The van der Waals surface area contributed by atoms with E-state index in [1.54, 1.807) is 12.1 Å². The minimum absolute atomic E-state index is 0.192. The Bertz CT molecular complexity index is 714. The van der Waals surface area contributed by atoms with E-state index in [0.29, 0.717) is 17.3 Å². The van der Waals surface area contributed by atoms with Crippen molar-refractivity contribution in [3.05, 3.63) is 24.0 Å². The molecule has 2 amide bonds. The first-order valence-electron chi connectivity index (χ1n) is 9.43. The Kier molecular flexibility index (Phi) is 5.84. The van der Waals surface area contributed by atoms with E-state index in [1.165, 1.54) is 17.9 Å². The molecule has 0 radical (unpaired) electrons. The fourth-order valence-electron chi connectivity index (χ4n) is 3.74. The molecule has 2 aliphatic heterocycles. The first-order chi connectivity index (χ1) is 12.9. The van der Waals surface area contributed by atoms with Gasteiger partial charge in [-0.15, -0.1) is 0 Å². The highest BCUT2D eigenvalue weighted by Gasteiger charge is 2.33. The number of rotatable bonds is 5. The maximum absolute atomic E-state index is 14.8. The van der Waals surface area contributed by atoms with Gasteiger partial charge >= 0.3 is 6.09 Å². The van der Waals surface area contributed by atoms with E-state index in [2.05, 4.69) is 12.2 Å². The Balaban J connectivity index is 1.70. The summed E-state index contributed by atoms with van der Waals surface area (Å²) in [6, 6.07) is 4.72. The Labute approximate surface area is 158 Å². The van der Waals surface area contributed by atoms with Crippen LogP contribution < -0.4 is 20.9 Å².